The first-order chi connectivity index (χ1) is 9.75. The molecule has 0 saturated heterocycles. The van der Waals surface area contributed by atoms with Crippen LogP contribution in [0.1, 0.15) is 0 Å². The van der Waals surface area contributed by atoms with E-state index >= 15 is 0 Å². The van der Waals surface area contributed by atoms with Crippen LogP contribution < -0.4 is 0 Å². The van der Waals surface area contributed by atoms with Gasteiger partial charge in [-0.2, -0.15) is 39.5 Å². The second-order valence-electron chi connectivity index (χ2n) is 2.70. The summed E-state index contributed by atoms with van der Waals surface area (Å²) in [7, 11) is -18.3. The average Bonchev–Trinajstić information content (AvgIpc) is 2.08. The molecule has 0 aromatic heterocycles. The Hall–Kier alpha value is 0.684. The minimum atomic E-state index is -6.09. The van der Waals surface area contributed by atoms with Gasteiger partial charge in [-0.3, -0.25) is 0 Å². The van der Waals surface area contributed by atoms with Crippen molar-refractivity contribution in [2.75, 3.05) is 0 Å². The van der Waals surface area contributed by atoms with Crippen LogP contribution in [-0.4, -0.2) is 55.4 Å². The van der Waals surface area contributed by atoms with Crippen molar-refractivity contribution in [3.63, 3.8) is 0 Å². The first-order valence-corrected chi connectivity index (χ1v) is 8.04. The largest absolute Gasteiger partial charge is 3.00 e. The fourth-order valence-electron chi connectivity index (χ4n) is 0. The van der Waals surface area contributed by atoms with Gasteiger partial charge < -0.3 is 13.7 Å². The van der Waals surface area contributed by atoms with E-state index < -0.39 is 46.9 Å². The molecule has 0 radical (unpaired) electrons. The van der Waals surface area contributed by atoms with Gasteiger partial charge in [-0.15, -0.1) is 0 Å². The van der Waals surface area contributed by atoms with Crippen LogP contribution in [0.2, 0.25) is 0 Å². The first-order valence-electron chi connectivity index (χ1n) is 3.81. The molecule has 0 aromatic rings. The molecule has 0 atom stereocenters. The number of hydrogen-bond acceptors (Lipinski definition) is 9. The Labute approximate surface area is 173 Å². The second-order valence-corrected chi connectivity index (χ2v) is 6.81. The molecule has 25 heavy (non-hydrogen) atoms. The molecule has 0 aliphatic carbocycles. The molecular weight excluding hydrogens is 599 g/mol. The van der Waals surface area contributed by atoms with Crippen molar-refractivity contribution in [2.24, 2.45) is 0 Å². The number of halogens is 9. The van der Waals surface area contributed by atoms with Gasteiger partial charge in [0.2, 0.25) is 0 Å². The van der Waals surface area contributed by atoms with E-state index in [0.717, 1.165) is 0 Å². The molecular formula is C3EuF9O9S3. The van der Waals surface area contributed by atoms with Gasteiger partial charge in [-0.05, 0) is 0 Å². The molecule has 0 rings (SSSR count). The minimum Gasteiger partial charge on any atom is -0.741 e. The maximum atomic E-state index is 10.7. The van der Waals surface area contributed by atoms with Crippen molar-refractivity contribution in [3.05, 3.63) is 0 Å². The molecule has 0 fully saturated rings. The summed E-state index contributed by atoms with van der Waals surface area (Å²) in [5.41, 5.74) is -16.9. The smallest absolute Gasteiger partial charge is 0.741 e. The van der Waals surface area contributed by atoms with Crippen LogP contribution in [0.4, 0.5) is 39.5 Å². The molecule has 0 spiro atoms. The van der Waals surface area contributed by atoms with Gasteiger partial charge in [-0.25, -0.2) is 25.3 Å². The zero-order valence-corrected chi connectivity index (χ0v) is 15.1. The number of rotatable bonds is 0. The van der Waals surface area contributed by atoms with Crippen LogP contribution in [0.5, 0.6) is 0 Å². The normalized spacial score (nSPS) is 13.4. The minimum absolute atomic E-state index is 0. The molecule has 0 aromatic carbocycles. The monoisotopic (exact) mass is 600 g/mol. The Morgan fingerprint density at radius 2 is 0.480 bits per heavy atom. The topological polar surface area (TPSA) is 172 Å². The van der Waals surface area contributed by atoms with Crippen molar-refractivity contribution in [3.8, 4) is 0 Å². The van der Waals surface area contributed by atoms with Crippen LogP contribution in [-0.2, 0) is 30.4 Å². The molecule has 0 amide bonds. The van der Waals surface area contributed by atoms with Gasteiger partial charge in [0, 0.05) is 0 Å². The molecule has 0 saturated carbocycles. The van der Waals surface area contributed by atoms with Gasteiger partial charge in [-0.1, -0.05) is 0 Å². The quantitative estimate of drug-likeness (QED) is 0.214. The van der Waals surface area contributed by atoms with E-state index in [1.165, 1.54) is 0 Å². The van der Waals surface area contributed by atoms with Crippen molar-refractivity contribution >= 4 is 30.4 Å². The van der Waals surface area contributed by atoms with Crippen LogP contribution in [0.15, 0.2) is 0 Å². The maximum absolute atomic E-state index is 10.7. The third-order valence-electron chi connectivity index (χ3n) is 0.850. The summed E-state index contributed by atoms with van der Waals surface area (Å²) < 4.78 is 177. The van der Waals surface area contributed by atoms with Crippen molar-refractivity contribution in [2.45, 2.75) is 16.5 Å². The summed E-state index contributed by atoms with van der Waals surface area (Å²) in [5, 5.41) is 0. The van der Waals surface area contributed by atoms with Gasteiger partial charge in [0.25, 0.3) is 0 Å². The Bertz CT molecular complexity index is 596. The maximum Gasteiger partial charge on any atom is 3.00 e. The van der Waals surface area contributed by atoms with E-state index in [1.807, 2.05) is 0 Å². The van der Waals surface area contributed by atoms with Gasteiger partial charge in [0.05, 0.1) is 0 Å². The zero-order chi connectivity index (χ0) is 21.0. The van der Waals surface area contributed by atoms with Crippen LogP contribution in [0.25, 0.3) is 0 Å². The molecule has 0 aliphatic rings. The Balaban J connectivity index is -0.000000130. The van der Waals surface area contributed by atoms with E-state index in [2.05, 4.69) is 0 Å². The van der Waals surface area contributed by atoms with E-state index in [1.54, 1.807) is 0 Å². The predicted molar refractivity (Wildman–Crippen MR) is 47.3 cm³/mol. The molecule has 9 nitrogen and oxygen atoms in total. The predicted octanol–water partition coefficient (Wildman–Crippen LogP) is 0.154. The Morgan fingerprint density at radius 3 is 0.480 bits per heavy atom. The SMILES string of the molecule is O=S(=O)([O-])C(F)(F)F.O=S(=O)([O-])C(F)(F)F.O=S(=O)([O-])C(F)(F)F.[Eu+3]. The third kappa shape index (κ3) is 16.6. The number of hydrogen-bond donors (Lipinski definition) is 0. The van der Waals surface area contributed by atoms with Gasteiger partial charge >= 0.3 is 65.9 Å². The van der Waals surface area contributed by atoms with E-state index in [-0.39, 0.29) is 49.4 Å². The third-order valence-corrected chi connectivity index (χ3v) is 2.55. The zero-order valence-electron chi connectivity index (χ0n) is 10.2. The molecule has 154 valence electrons. The summed E-state index contributed by atoms with van der Waals surface area (Å²) in [6.45, 7) is 0. The average molecular weight is 599 g/mol. The Morgan fingerprint density at radius 1 is 0.440 bits per heavy atom. The molecule has 0 N–H and O–H groups in total. The summed E-state index contributed by atoms with van der Waals surface area (Å²) >= 11 is 0. The summed E-state index contributed by atoms with van der Waals surface area (Å²) in [5.74, 6) is 0. The van der Waals surface area contributed by atoms with Crippen LogP contribution >= 0.6 is 0 Å². The summed E-state index contributed by atoms with van der Waals surface area (Å²) in [4.78, 5) is 0. The molecule has 22 heteroatoms. The standard InChI is InChI=1S/3CHF3O3S.Eu/c3*2-1(3,4)8(5,6)7;/h3*(H,5,6,7);/q;;;+3/p-3. The Kier molecular flexibility index (Phi) is 13.7. The van der Waals surface area contributed by atoms with E-state index in [4.69, 9.17) is 38.9 Å². The van der Waals surface area contributed by atoms with Crippen molar-refractivity contribution in [1.82, 2.24) is 0 Å². The number of alkyl halides is 9. The van der Waals surface area contributed by atoms with Crippen LogP contribution in [0, 0.1) is 49.4 Å². The van der Waals surface area contributed by atoms with Crippen molar-refractivity contribution in [1.29, 1.82) is 0 Å². The summed E-state index contributed by atoms with van der Waals surface area (Å²) in [6.07, 6.45) is 0. The van der Waals surface area contributed by atoms with E-state index in [0.29, 0.717) is 0 Å². The summed E-state index contributed by atoms with van der Waals surface area (Å²) in [6, 6.07) is 0. The van der Waals surface area contributed by atoms with E-state index in [9.17, 15) is 39.5 Å². The molecule has 0 aliphatic heterocycles. The van der Waals surface area contributed by atoms with Gasteiger partial charge in [0.1, 0.15) is 0 Å². The fourth-order valence-corrected chi connectivity index (χ4v) is 0. The first kappa shape index (κ1) is 33.3. The fraction of sp³-hybridized carbons (Fsp3) is 1.00. The van der Waals surface area contributed by atoms with Gasteiger partial charge in [0.15, 0.2) is 30.4 Å². The van der Waals surface area contributed by atoms with Crippen molar-refractivity contribution < 1.29 is 128 Å². The molecule has 0 heterocycles. The molecule has 0 unspecified atom stereocenters. The van der Waals surface area contributed by atoms with Crippen LogP contribution in [0.3, 0.4) is 0 Å². The second kappa shape index (κ2) is 10.3. The molecule has 0 bridgehead atoms.